The Kier molecular flexibility index (Phi) is 7.29. The number of benzene rings is 2. The van der Waals surface area contributed by atoms with Crippen molar-refractivity contribution in [3.8, 4) is 0 Å². The van der Waals surface area contributed by atoms with Crippen LogP contribution in [-0.4, -0.2) is 54.2 Å². The van der Waals surface area contributed by atoms with Gasteiger partial charge in [-0.25, -0.2) is 17.6 Å². The Morgan fingerprint density at radius 2 is 1.32 bits per heavy atom. The number of amides is 1. The summed E-state index contributed by atoms with van der Waals surface area (Å²) in [6, 6.07) is 6.62. The molecule has 8 heteroatoms. The van der Waals surface area contributed by atoms with Crippen molar-refractivity contribution in [3.63, 3.8) is 0 Å². The summed E-state index contributed by atoms with van der Waals surface area (Å²) in [4.78, 5) is 30.4. The number of nitrogens with zero attached hydrogens (tertiary/aromatic N) is 2. The van der Waals surface area contributed by atoms with Crippen LogP contribution >= 0.6 is 0 Å². The van der Waals surface area contributed by atoms with E-state index in [9.17, 15) is 27.2 Å². The van der Waals surface area contributed by atoms with Gasteiger partial charge in [0.1, 0.15) is 0 Å². The minimum Gasteiger partial charge on any atom is -0.334 e. The van der Waals surface area contributed by atoms with Gasteiger partial charge in [-0.3, -0.25) is 9.59 Å². The number of Topliss-reactive ketones (excluding diaryl/α,β-unsaturated/α-hetero) is 1. The molecule has 0 N–H and O–H groups in total. The molecule has 0 spiro atoms. The van der Waals surface area contributed by atoms with Crippen LogP contribution in [0.25, 0.3) is 12.2 Å². The third-order valence-electron chi connectivity index (χ3n) is 7.67. The minimum absolute atomic E-state index is 0.0248. The largest absolute Gasteiger partial charge is 0.334 e. The number of carbonyl (C=O) groups excluding carboxylic acids is 2. The van der Waals surface area contributed by atoms with E-state index >= 15 is 0 Å². The fraction of sp³-hybridized carbons (Fsp3) is 0.379. The Hall–Kier alpha value is -3.26. The highest BCUT2D eigenvalue weighted by atomic mass is 19.2. The van der Waals surface area contributed by atoms with Gasteiger partial charge in [-0.2, -0.15) is 0 Å². The van der Waals surface area contributed by atoms with E-state index in [1.165, 1.54) is 43.5 Å². The van der Waals surface area contributed by atoms with E-state index in [1.54, 1.807) is 4.90 Å². The van der Waals surface area contributed by atoms with Crippen molar-refractivity contribution in [1.82, 2.24) is 9.80 Å². The third-order valence-corrected chi connectivity index (χ3v) is 7.67. The van der Waals surface area contributed by atoms with Crippen LogP contribution in [0.3, 0.4) is 0 Å². The smallest absolute Gasteiger partial charge is 0.224 e. The van der Waals surface area contributed by atoms with Crippen LogP contribution in [-0.2, 0) is 9.59 Å². The second-order valence-electron chi connectivity index (χ2n) is 10.2. The highest BCUT2D eigenvalue weighted by molar-refractivity contribution is 6.15. The van der Waals surface area contributed by atoms with Crippen LogP contribution in [0.2, 0.25) is 0 Å². The monoisotopic (exact) mass is 512 g/mol. The first-order valence-electron chi connectivity index (χ1n) is 12.6. The van der Waals surface area contributed by atoms with Gasteiger partial charge in [0.2, 0.25) is 5.91 Å². The first-order valence-corrected chi connectivity index (χ1v) is 12.6. The molecule has 0 bridgehead atoms. The number of carbonyl (C=O) groups is 2. The minimum atomic E-state index is -1.04. The molecular formula is C29H28F4N2O2. The quantitative estimate of drug-likeness (QED) is 0.406. The normalized spacial score (nSPS) is 24.3. The van der Waals surface area contributed by atoms with E-state index in [0.29, 0.717) is 13.0 Å². The van der Waals surface area contributed by atoms with Gasteiger partial charge in [-0.1, -0.05) is 18.6 Å². The molecular weight excluding hydrogens is 484 g/mol. The van der Waals surface area contributed by atoms with Crippen molar-refractivity contribution in [2.45, 2.75) is 25.7 Å². The molecule has 0 aromatic heterocycles. The Balaban J connectivity index is 1.37. The average Bonchev–Trinajstić information content (AvgIpc) is 3.47. The summed E-state index contributed by atoms with van der Waals surface area (Å²) in [5, 5.41) is 0. The highest BCUT2D eigenvalue weighted by Crippen LogP contribution is 2.37. The standard InChI is InChI=1S/C29H28F4N2O2/c30-24-6-4-18(12-26(24)32)10-22-16-35(28(36)8-9-34-14-20-2-1-3-21(20)15-34)17-23(29(22)37)11-19-5-7-25(31)27(33)13-19/h4-7,10-13,20-21H,1-3,8-9,14-17H2/b22-10+,23-11+. The Bertz CT molecular complexity index is 1200. The van der Waals surface area contributed by atoms with Gasteiger partial charge in [-0.15, -0.1) is 0 Å². The van der Waals surface area contributed by atoms with Gasteiger partial charge in [0, 0.05) is 50.3 Å². The van der Waals surface area contributed by atoms with Gasteiger partial charge < -0.3 is 9.80 Å². The third kappa shape index (κ3) is 5.69. The average molecular weight is 513 g/mol. The fourth-order valence-corrected chi connectivity index (χ4v) is 5.75. The lowest BCUT2D eigenvalue weighted by Crippen LogP contribution is -2.42. The molecule has 1 amide bonds. The molecule has 0 radical (unpaired) electrons. The zero-order valence-corrected chi connectivity index (χ0v) is 20.4. The van der Waals surface area contributed by atoms with Gasteiger partial charge in [0.25, 0.3) is 0 Å². The summed E-state index contributed by atoms with van der Waals surface area (Å²) in [6.45, 7) is 2.72. The molecule has 2 aromatic rings. The van der Waals surface area contributed by atoms with Crippen molar-refractivity contribution in [2.24, 2.45) is 11.8 Å². The van der Waals surface area contributed by atoms with Crippen LogP contribution in [0.1, 0.15) is 36.8 Å². The molecule has 3 aliphatic rings. The maximum atomic E-state index is 13.8. The van der Waals surface area contributed by atoms with E-state index in [-0.39, 0.29) is 47.1 Å². The molecule has 4 nitrogen and oxygen atoms in total. The van der Waals surface area contributed by atoms with Gasteiger partial charge in [0.15, 0.2) is 29.1 Å². The number of fused-ring (bicyclic) bond motifs is 1. The molecule has 2 aliphatic heterocycles. The molecule has 194 valence electrons. The number of ketones is 1. The first-order chi connectivity index (χ1) is 17.8. The van der Waals surface area contributed by atoms with Crippen molar-refractivity contribution in [3.05, 3.63) is 81.9 Å². The van der Waals surface area contributed by atoms with Gasteiger partial charge in [0.05, 0.1) is 0 Å². The summed E-state index contributed by atoms with van der Waals surface area (Å²) >= 11 is 0. The highest BCUT2D eigenvalue weighted by Gasteiger charge is 2.36. The molecule has 1 saturated carbocycles. The molecule has 2 aromatic carbocycles. The van der Waals surface area contributed by atoms with Crippen LogP contribution in [0.5, 0.6) is 0 Å². The van der Waals surface area contributed by atoms with Gasteiger partial charge in [-0.05, 0) is 72.2 Å². The van der Waals surface area contributed by atoms with Crippen molar-refractivity contribution in [2.75, 3.05) is 32.7 Å². The molecule has 2 saturated heterocycles. The maximum absolute atomic E-state index is 13.8. The summed E-state index contributed by atoms with van der Waals surface area (Å²) in [7, 11) is 0. The lowest BCUT2D eigenvalue weighted by molar-refractivity contribution is -0.131. The molecule has 1 aliphatic carbocycles. The summed E-state index contributed by atoms with van der Waals surface area (Å²) < 4.78 is 54.3. The molecule has 2 atom stereocenters. The molecule has 2 heterocycles. The van der Waals surface area contributed by atoms with Crippen LogP contribution < -0.4 is 0 Å². The van der Waals surface area contributed by atoms with E-state index in [4.69, 9.17) is 0 Å². The van der Waals surface area contributed by atoms with Crippen LogP contribution in [0, 0.1) is 35.1 Å². The summed E-state index contributed by atoms with van der Waals surface area (Å²) in [5.41, 5.74) is 1.03. The topological polar surface area (TPSA) is 40.6 Å². The zero-order chi connectivity index (χ0) is 26.1. The SMILES string of the molecule is O=C1/C(=C/c2ccc(F)c(F)c2)CN(C(=O)CCN2CC3CCCC3C2)C/C1=C\c1ccc(F)c(F)c1. The number of hydrogen-bond acceptors (Lipinski definition) is 3. The second-order valence-corrected chi connectivity index (χ2v) is 10.2. The van der Waals surface area contributed by atoms with Gasteiger partial charge >= 0.3 is 0 Å². The first kappa shape index (κ1) is 25.4. The van der Waals surface area contributed by atoms with E-state index in [1.807, 2.05) is 0 Å². The number of rotatable bonds is 5. The van der Waals surface area contributed by atoms with E-state index in [2.05, 4.69) is 4.90 Å². The summed E-state index contributed by atoms with van der Waals surface area (Å²) in [5.74, 6) is -3.16. The molecule has 3 fully saturated rings. The van der Waals surface area contributed by atoms with Crippen molar-refractivity contribution < 1.29 is 27.2 Å². The van der Waals surface area contributed by atoms with Crippen molar-refractivity contribution in [1.29, 1.82) is 0 Å². The second kappa shape index (κ2) is 10.6. The lowest BCUT2D eigenvalue weighted by atomic mass is 9.94. The number of piperidine rings is 1. The number of halogens is 4. The molecule has 2 unspecified atom stereocenters. The van der Waals surface area contributed by atoms with Crippen LogP contribution in [0.4, 0.5) is 17.6 Å². The maximum Gasteiger partial charge on any atom is 0.224 e. The van der Waals surface area contributed by atoms with E-state index < -0.39 is 23.3 Å². The zero-order valence-electron chi connectivity index (χ0n) is 20.4. The van der Waals surface area contributed by atoms with E-state index in [0.717, 1.165) is 49.2 Å². The van der Waals surface area contributed by atoms with Crippen LogP contribution in [0.15, 0.2) is 47.5 Å². The lowest BCUT2D eigenvalue weighted by Gasteiger charge is -2.30. The predicted molar refractivity (Wildman–Crippen MR) is 132 cm³/mol. The summed E-state index contributed by atoms with van der Waals surface area (Å²) in [6.07, 6.45) is 6.95. The predicted octanol–water partition coefficient (Wildman–Crippen LogP) is 5.24. The Labute approximate surface area is 213 Å². The Morgan fingerprint density at radius 3 is 1.81 bits per heavy atom. The Morgan fingerprint density at radius 1 is 0.811 bits per heavy atom. The molecule has 5 rings (SSSR count). The number of hydrogen-bond donors (Lipinski definition) is 0. The van der Waals surface area contributed by atoms with Crippen molar-refractivity contribution >= 4 is 23.8 Å². The number of likely N-dealkylation sites (tertiary alicyclic amines) is 2. The fourth-order valence-electron chi connectivity index (χ4n) is 5.75. The molecule has 37 heavy (non-hydrogen) atoms.